The van der Waals surface area contributed by atoms with Gasteiger partial charge in [0.2, 0.25) is 0 Å². The van der Waals surface area contributed by atoms with Crippen LogP contribution >= 0.6 is 11.8 Å². The molecule has 0 N–H and O–H groups in total. The van der Waals surface area contributed by atoms with Crippen molar-refractivity contribution < 1.29 is 28.2 Å². The molecule has 0 bridgehead atoms. The van der Waals surface area contributed by atoms with Crippen LogP contribution in [0.15, 0.2) is 29.4 Å². The number of rotatable bonds is 10. The Bertz CT molecular complexity index is 1040. The number of fused-ring (bicyclic) bond motifs is 2. The lowest BCUT2D eigenvalue weighted by Crippen LogP contribution is -2.63. The number of thioether (sulfide) groups is 1. The van der Waals surface area contributed by atoms with Crippen LogP contribution in [0.25, 0.3) is 0 Å². The zero-order valence-corrected chi connectivity index (χ0v) is 28.6. The van der Waals surface area contributed by atoms with Crippen molar-refractivity contribution in [3.05, 3.63) is 24.4 Å². The molecule has 0 saturated carbocycles. The number of carbonyl (C=O) groups excluding carboxylic acids is 1. The van der Waals surface area contributed by atoms with E-state index in [1.165, 1.54) is 11.8 Å². The minimum atomic E-state index is -1.94. The summed E-state index contributed by atoms with van der Waals surface area (Å²) in [6, 6.07) is 8.85. The summed E-state index contributed by atoms with van der Waals surface area (Å²) in [5.74, 6) is 0.260. The second-order valence-corrected chi connectivity index (χ2v) is 19.3. The highest BCUT2D eigenvalue weighted by Crippen LogP contribution is 2.50. The summed E-state index contributed by atoms with van der Waals surface area (Å²) in [5, 5.41) is 0.763. The van der Waals surface area contributed by atoms with Crippen molar-refractivity contribution in [2.75, 3.05) is 0 Å². The molecule has 0 radical (unpaired) electrons. The Morgan fingerprint density at radius 3 is 2.40 bits per heavy atom. The molecule has 236 valence electrons. The van der Waals surface area contributed by atoms with Gasteiger partial charge in [-0.3, -0.25) is 4.79 Å². The molecule has 7 nitrogen and oxygen atoms in total. The quantitative estimate of drug-likeness (QED) is 0.198. The van der Waals surface area contributed by atoms with Crippen molar-refractivity contribution in [2.45, 2.75) is 159 Å². The van der Waals surface area contributed by atoms with Gasteiger partial charge in [-0.25, -0.2) is 4.98 Å². The minimum absolute atomic E-state index is 0.0455. The summed E-state index contributed by atoms with van der Waals surface area (Å²) in [6.45, 7) is 15.8. The van der Waals surface area contributed by atoms with E-state index in [2.05, 4.69) is 53.5 Å². The highest BCUT2D eigenvalue weighted by atomic mass is 32.2. The van der Waals surface area contributed by atoms with E-state index in [1.54, 1.807) is 6.20 Å². The Balaban J connectivity index is 1.35. The number of hydrogen-bond donors (Lipinski definition) is 0. The van der Waals surface area contributed by atoms with E-state index in [9.17, 15) is 4.79 Å². The molecule has 2 unspecified atom stereocenters. The van der Waals surface area contributed by atoms with Crippen molar-refractivity contribution in [2.24, 2.45) is 17.8 Å². The van der Waals surface area contributed by atoms with Crippen LogP contribution in [0, 0.1) is 17.8 Å². The molecule has 0 aromatic carbocycles. The molecule has 1 spiro atoms. The number of ether oxygens (including phenoxy) is 4. The van der Waals surface area contributed by atoms with Crippen LogP contribution in [0.1, 0.15) is 87.0 Å². The Morgan fingerprint density at radius 1 is 1.02 bits per heavy atom. The number of aromatic nitrogens is 1. The van der Waals surface area contributed by atoms with E-state index in [4.69, 9.17) is 23.4 Å². The molecule has 0 aliphatic carbocycles. The van der Waals surface area contributed by atoms with Gasteiger partial charge in [0.05, 0.1) is 42.7 Å². The van der Waals surface area contributed by atoms with Gasteiger partial charge >= 0.3 is 0 Å². The van der Waals surface area contributed by atoms with Crippen LogP contribution in [0.3, 0.4) is 0 Å². The van der Waals surface area contributed by atoms with Gasteiger partial charge < -0.3 is 23.4 Å². The van der Waals surface area contributed by atoms with Gasteiger partial charge in [0.1, 0.15) is 5.03 Å². The molecule has 4 aliphatic rings. The van der Waals surface area contributed by atoms with Gasteiger partial charge in [-0.05, 0) is 59.8 Å². The predicted octanol–water partition coefficient (Wildman–Crippen LogP) is 7.39. The molecular weight excluding hydrogens is 567 g/mol. The Hall–Kier alpha value is -0.813. The first kappa shape index (κ1) is 32.6. The van der Waals surface area contributed by atoms with Crippen LogP contribution < -0.4 is 0 Å². The first-order chi connectivity index (χ1) is 20.1. The fourth-order valence-electron chi connectivity index (χ4n) is 7.87. The van der Waals surface area contributed by atoms with Crippen molar-refractivity contribution in [3.8, 4) is 0 Å². The Labute approximate surface area is 258 Å². The van der Waals surface area contributed by atoms with E-state index < -0.39 is 14.1 Å². The minimum Gasteiger partial charge on any atom is -0.411 e. The zero-order chi connectivity index (χ0) is 30.1. The number of hydrogen-bond acceptors (Lipinski definition) is 8. The third-order valence-corrected chi connectivity index (χ3v) is 16.2. The van der Waals surface area contributed by atoms with Crippen molar-refractivity contribution in [1.82, 2.24) is 4.98 Å². The number of pyridine rings is 1. The molecule has 42 heavy (non-hydrogen) atoms. The first-order valence-corrected chi connectivity index (χ1v) is 19.9. The fourth-order valence-corrected chi connectivity index (χ4v) is 11.6. The van der Waals surface area contributed by atoms with E-state index in [1.807, 2.05) is 18.2 Å². The first-order valence-electron chi connectivity index (χ1n) is 16.6. The maximum atomic E-state index is 13.4. The SMILES string of the molecule is CC[C@H](C)[C@@H]1C[C@H]2OC3[C@H](C[C@H]2O1)O[C@@]1(C[C@@H]3C)C[C@H](C)C(O[Si](CC)(CC)CC)[C@H](CC(=O)Sc2ccccn2)O1. The third-order valence-electron chi connectivity index (χ3n) is 10.7. The maximum absolute atomic E-state index is 13.4. The smallest absolute Gasteiger partial charge is 0.197 e. The summed E-state index contributed by atoms with van der Waals surface area (Å²) in [4.78, 5) is 17.8. The lowest BCUT2D eigenvalue weighted by Gasteiger charge is -2.56. The van der Waals surface area contributed by atoms with E-state index in [-0.39, 0.29) is 66.1 Å². The third kappa shape index (κ3) is 6.87. The molecule has 5 heterocycles. The van der Waals surface area contributed by atoms with Crippen molar-refractivity contribution in [3.63, 3.8) is 0 Å². The number of carbonyl (C=O) groups is 1. The van der Waals surface area contributed by atoms with Crippen LogP contribution in [0.2, 0.25) is 18.1 Å². The van der Waals surface area contributed by atoms with Crippen LogP contribution in [-0.4, -0.2) is 66.9 Å². The Morgan fingerprint density at radius 2 is 1.74 bits per heavy atom. The van der Waals surface area contributed by atoms with E-state index in [0.717, 1.165) is 50.2 Å². The molecule has 0 amide bonds. The topological polar surface area (TPSA) is 76.1 Å². The monoisotopic (exact) mass is 619 g/mol. The second-order valence-electron chi connectivity index (χ2n) is 13.5. The molecule has 11 atom stereocenters. The fraction of sp³-hybridized carbons (Fsp3) is 0.818. The van der Waals surface area contributed by atoms with Gasteiger partial charge in [-0.2, -0.15) is 0 Å². The predicted molar refractivity (Wildman–Crippen MR) is 168 cm³/mol. The summed E-state index contributed by atoms with van der Waals surface area (Å²) in [6.07, 6.45) is 6.38. The molecule has 4 fully saturated rings. The highest BCUT2D eigenvalue weighted by molar-refractivity contribution is 8.13. The lowest BCUT2D eigenvalue weighted by atomic mass is 9.78. The largest absolute Gasteiger partial charge is 0.411 e. The molecule has 1 aromatic heterocycles. The van der Waals surface area contributed by atoms with Crippen LogP contribution in [-0.2, 0) is 28.2 Å². The average molecular weight is 620 g/mol. The number of nitrogens with zero attached hydrogens (tertiary/aromatic N) is 1. The summed E-state index contributed by atoms with van der Waals surface area (Å²) in [7, 11) is -1.94. The highest BCUT2D eigenvalue weighted by Gasteiger charge is 2.58. The molecule has 5 rings (SSSR count). The zero-order valence-electron chi connectivity index (χ0n) is 26.8. The van der Waals surface area contributed by atoms with Gasteiger partial charge in [-0.1, -0.05) is 61.0 Å². The molecular formula is C33H53NO6SSi. The standard InChI is InChI=1S/C33H53NO6SSi/c1-8-21(5)24-16-26-25(36-24)17-27-31(37-26)22(6)19-33(38-27)20-23(7)32(40-42(9-2,10-3)11-4)28(39-33)18-30(35)41-29-14-12-13-15-34-29/h12-15,21-28,31-32H,8-11,16-20H2,1-7H3/t21-,22-,23-,24-,25+,26+,27-,28-,31?,32?,33+/m0/s1. The maximum Gasteiger partial charge on any atom is 0.197 e. The van der Waals surface area contributed by atoms with E-state index >= 15 is 0 Å². The average Bonchev–Trinajstić information content (AvgIpc) is 3.39. The normalized spacial score (nSPS) is 39.1. The summed E-state index contributed by atoms with van der Waals surface area (Å²) in [5.41, 5.74) is 0. The van der Waals surface area contributed by atoms with Gasteiger partial charge in [0, 0.05) is 38.3 Å². The van der Waals surface area contributed by atoms with Crippen molar-refractivity contribution in [1.29, 1.82) is 0 Å². The second kappa shape index (κ2) is 13.7. The lowest BCUT2D eigenvalue weighted by molar-refractivity contribution is -0.372. The van der Waals surface area contributed by atoms with Crippen LogP contribution in [0.5, 0.6) is 0 Å². The Kier molecular flexibility index (Phi) is 10.6. The van der Waals surface area contributed by atoms with E-state index in [0.29, 0.717) is 10.9 Å². The van der Waals surface area contributed by atoms with Crippen molar-refractivity contribution >= 4 is 25.2 Å². The van der Waals surface area contributed by atoms with Gasteiger partial charge in [0.25, 0.3) is 0 Å². The summed E-state index contributed by atoms with van der Waals surface area (Å²) >= 11 is 1.19. The molecule has 9 heteroatoms. The van der Waals surface area contributed by atoms with Gasteiger partial charge in [-0.15, -0.1) is 0 Å². The molecule has 1 aromatic rings. The molecule has 4 aliphatic heterocycles. The van der Waals surface area contributed by atoms with Crippen LogP contribution in [0.4, 0.5) is 0 Å². The summed E-state index contributed by atoms with van der Waals surface area (Å²) < 4.78 is 34.3. The van der Waals surface area contributed by atoms with Gasteiger partial charge in [0.15, 0.2) is 19.2 Å². The molecule has 4 saturated heterocycles.